The number of hydrogen-bond donors (Lipinski definition) is 1. The Morgan fingerprint density at radius 2 is 2.12 bits per heavy atom. The third kappa shape index (κ3) is 5.18. The maximum absolute atomic E-state index is 13.9. The van der Waals surface area contributed by atoms with Crippen molar-refractivity contribution in [3.8, 4) is 5.75 Å². The van der Waals surface area contributed by atoms with Crippen molar-refractivity contribution in [1.82, 2.24) is 10.3 Å². The SMILES string of the molecule is O=C(CCOc1ccccc1)NCC1CCCN(c2ncccc2F)C1. The summed E-state index contributed by atoms with van der Waals surface area (Å²) < 4.78 is 19.4. The summed E-state index contributed by atoms with van der Waals surface area (Å²) in [6.07, 6.45) is 3.91. The van der Waals surface area contributed by atoms with E-state index in [1.807, 2.05) is 35.2 Å². The van der Waals surface area contributed by atoms with E-state index in [9.17, 15) is 9.18 Å². The maximum atomic E-state index is 13.9. The molecular formula is C20H24FN3O2. The number of aromatic nitrogens is 1. The third-order valence-corrected chi connectivity index (χ3v) is 4.49. The van der Waals surface area contributed by atoms with E-state index in [4.69, 9.17) is 4.74 Å². The summed E-state index contributed by atoms with van der Waals surface area (Å²) in [6, 6.07) is 12.5. The second-order valence-electron chi connectivity index (χ2n) is 6.48. The van der Waals surface area contributed by atoms with Crippen molar-refractivity contribution >= 4 is 11.7 Å². The number of carbonyl (C=O) groups is 1. The second kappa shape index (κ2) is 9.17. The fourth-order valence-electron chi connectivity index (χ4n) is 3.16. The van der Waals surface area contributed by atoms with E-state index in [0.29, 0.717) is 37.9 Å². The van der Waals surface area contributed by atoms with Crippen molar-refractivity contribution in [2.24, 2.45) is 5.92 Å². The van der Waals surface area contributed by atoms with Crippen molar-refractivity contribution in [3.63, 3.8) is 0 Å². The van der Waals surface area contributed by atoms with Gasteiger partial charge in [0.2, 0.25) is 5.91 Å². The molecule has 1 aromatic heterocycles. The molecule has 0 bridgehead atoms. The lowest BCUT2D eigenvalue weighted by Gasteiger charge is -2.33. The Morgan fingerprint density at radius 3 is 2.92 bits per heavy atom. The molecule has 0 aliphatic carbocycles. The van der Waals surface area contributed by atoms with Gasteiger partial charge in [-0.25, -0.2) is 9.37 Å². The number of nitrogens with one attached hydrogen (secondary N) is 1. The van der Waals surface area contributed by atoms with Gasteiger partial charge in [-0.15, -0.1) is 0 Å². The topological polar surface area (TPSA) is 54.5 Å². The van der Waals surface area contributed by atoms with E-state index in [-0.39, 0.29) is 11.7 Å². The zero-order valence-electron chi connectivity index (χ0n) is 14.7. The summed E-state index contributed by atoms with van der Waals surface area (Å²) in [7, 11) is 0. The summed E-state index contributed by atoms with van der Waals surface area (Å²) in [5, 5.41) is 2.97. The van der Waals surface area contributed by atoms with E-state index in [2.05, 4.69) is 10.3 Å². The monoisotopic (exact) mass is 357 g/mol. The molecular weight excluding hydrogens is 333 g/mol. The van der Waals surface area contributed by atoms with E-state index < -0.39 is 0 Å². The van der Waals surface area contributed by atoms with Crippen LogP contribution in [-0.4, -0.2) is 37.1 Å². The Kier molecular flexibility index (Phi) is 6.41. The van der Waals surface area contributed by atoms with Crippen LogP contribution in [0.25, 0.3) is 0 Å². The molecule has 6 heteroatoms. The molecule has 1 unspecified atom stereocenters. The molecule has 2 aromatic rings. The van der Waals surface area contributed by atoms with Gasteiger partial charge in [0.05, 0.1) is 13.0 Å². The van der Waals surface area contributed by atoms with Crippen molar-refractivity contribution in [1.29, 1.82) is 0 Å². The zero-order chi connectivity index (χ0) is 18.2. The average molecular weight is 357 g/mol. The number of pyridine rings is 1. The highest BCUT2D eigenvalue weighted by Crippen LogP contribution is 2.23. The smallest absolute Gasteiger partial charge is 0.223 e. The van der Waals surface area contributed by atoms with Crippen molar-refractivity contribution in [2.75, 3.05) is 31.1 Å². The first-order chi connectivity index (χ1) is 12.7. The average Bonchev–Trinajstić information content (AvgIpc) is 2.68. The predicted octanol–water partition coefficient (Wildman–Crippen LogP) is 3.02. The van der Waals surface area contributed by atoms with Crippen LogP contribution in [0.2, 0.25) is 0 Å². The molecule has 5 nitrogen and oxygen atoms in total. The molecule has 0 saturated carbocycles. The highest BCUT2D eigenvalue weighted by molar-refractivity contribution is 5.76. The molecule has 1 aliphatic rings. The lowest BCUT2D eigenvalue weighted by atomic mass is 9.98. The van der Waals surface area contributed by atoms with Gasteiger partial charge in [0.15, 0.2) is 11.6 Å². The number of rotatable bonds is 7. The van der Waals surface area contributed by atoms with Crippen molar-refractivity contribution < 1.29 is 13.9 Å². The van der Waals surface area contributed by atoms with Gasteiger partial charge >= 0.3 is 0 Å². The third-order valence-electron chi connectivity index (χ3n) is 4.49. The van der Waals surface area contributed by atoms with Crippen LogP contribution >= 0.6 is 0 Å². The number of para-hydroxylation sites is 1. The molecule has 0 radical (unpaired) electrons. The van der Waals surface area contributed by atoms with Crippen LogP contribution in [0.4, 0.5) is 10.2 Å². The fraction of sp³-hybridized carbons (Fsp3) is 0.400. The molecule has 26 heavy (non-hydrogen) atoms. The molecule has 1 fully saturated rings. The second-order valence-corrected chi connectivity index (χ2v) is 6.48. The molecule has 1 amide bonds. The van der Waals surface area contributed by atoms with Gasteiger partial charge in [-0.1, -0.05) is 18.2 Å². The summed E-state index contributed by atoms with van der Waals surface area (Å²) in [5.41, 5.74) is 0. The van der Waals surface area contributed by atoms with Gasteiger partial charge in [-0.05, 0) is 43.0 Å². The van der Waals surface area contributed by atoms with Crippen molar-refractivity contribution in [3.05, 3.63) is 54.5 Å². The Morgan fingerprint density at radius 1 is 1.27 bits per heavy atom. The minimum Gasteiger partial charge on any atom is -0.493 e. The lowest BCUT2D eigenvalue weighted by molar-refractivity contribution is -0.121. The number of benzene rings is 1. The van der Waals surface area contributed by atoms with Crippen LogP contribution in [0.3, 0.4) is 0 Å². The van der Waals surface area contributed by atoms with Crippen LogP contribution in [0.1, 0.15) is 19.3 Å². The number of anilines is 1. The van der Waals surface area contributed by atoms with Gasteiger partial charge in [0, 0.05) is 25.8 Å². The van der Waals surface area contributed by atoms with Gasteiger partial charge in [-0.2, -0.15) is 0 Å². The van der Waals surface area contributed by atoms with Crippen LogP contribution in [0.5, 0.6) is 5.75 Å². The number of piperidine rings is 1. The highest BCUT2D eigenvalue weighted by Gasteiger charge is 2.23. The summed E-state index contributed by atoms with van der Waals surface area (Å²) in [5.74, 6) is 1.14. The molecule has 1 atom stereocenters. The summed E-state index contributed by atoms with van der Waals surface area (Å²) in [6.45, 7) is 2.44. The molecule has 1 saturated heterocycles. The molecule has 2 heterocycles. The predicted molar refractivity (Wildman–Crippen MR) is 98.7 cm³/mol. The standard InChI is InChI=1S/C20H24FN3O2/c21-18-9-4-11-22-20(18)24-12-5-6-16(15-24)14-23-19(25)10-13-26-17-7-2-1-3-8-17/h1-4,7-9,11,16H,5-6,10,12-15H2,(H,23,25). The quantitative estimate of drug-likeness (QED) is 0.828. The molecule has 0 spiro atoms. The Labute approximate surface area is 153 Å². The van der Waals surface area contributed by atoms with E-state index >= 15 is 0 Å². The maximum Gasteiger partial charge on any atom is 0.223 e. The lowest BCUT2D eigenvalue weighted by Crippen LogP contribution is -2.41. The highest BCUT2D eigenvalue weighted by atomic mass is 19.1. The number of amides is 1. The molecule has 138 valence electrons. The Hall–Kier alpha value is -2.63. The normalized spacial score (nSPS) is 17.0. The van der Waals surface area contributed by atoms with E-state index in [0.717, 1.165) is 25.1 Å². The largest absolute Gasteiger partial charge is 0.493 e. The van der Waals surface area contributed by atoms with Crippen LogP contribution in [-0.2, 0) is 4.79 Å². The van der Waals surface area contributed by atoms with E-state index in [1.54, 1.807) is 12.3 Å². The van der Waals surface area contributed by atoms with Gasteiger partial charge < -0.3 is 15.0 Å². The van der Waals surface area contributed by atoms with E-state index in [1.165, 1.54) is 6.07 Å². The molecule has 1 N–H and O–H groups in total. The van der Waals surface area contributed by atoms with Crippen LogP contribution in [0.15, 0.2) is 48.7 Å². The number of nitrogens with zero attached hydrogens (tertiary/aromatic N) is 2. The first-order valence-electron chi connectivity index (χ1n) is 9.02. The molecule has 1 aliphatic heterocycles. The summed E-state index contributed by atoms with van der Waals surface area (Å²) >= 11 is 0. The fourth-order valence-corrected chi connectivity index (χ4v) is 3.16. The van der Waals surface area contributed by atoms with Crippen molar-refractivity contribution in [2.45, 2.75) is 19.3 Å². The van der Waals surface area contributed by atoms with Gasteiger partial charge in [0.1, 0.15) is 5.75 Å². The Bertz CT molecular complexity index is 711. The minimum atomic E-state index is -0.296. The first-order valence-corrected chi connectivity index (χ1v) is 9.02. The Balaban J connectivity index is 1.40. The first kappa shape index (κ1) is 18.2. The molecule has 1 aromatic carbocycles. The number of carbonyl (C=O) groups excluding carboxylic acids is 1. The van der Waals surface area contributed by atoms with Crippen LogP contribution < -0.4 is 15.0 Å². The number of hydrogen-bond acceptors (Lipinski definition) is 4. The van der Waals surface area contributed by atoms with Gasteiger partial charge in [0.25, 0.3) is 0 Å². The zero-order valence-corrected chi connectivity index (χ0v) is 14.7. The van der Waals surface area contributed by atoms with Crippen LogP contribution in [0, 0.1) is 11.7 Å². The minimum absolute atomic E-state index is 0.0259. The van der Waals surface area contributed by atoms with Gasteiger partial charge in [-0.3, -0.25) is 4.79 Å². The number of halogens is 1. The summed E-state index contributed by atoms with van der Waals surface area (Å²) in [4.78, 5) is 18.1. The number of ether oxygens (including phenoxy) is 1. The molecule has 3 rings (SSSR count).